The lowest BCUT2D eigenvalue weighted by Gasteiger charge is -2.15. The van der Waals surface area contributed by atoms with Gasteiger partial charge in [0.05, 0.1) is 6.61 Å². The fraction of sp³-hybridized carbons (Fsp3) is 0.250. The Labute approximate surface area is 99.0 Å². The monoisotopic (exact) mass is 232 g/mol. The topological polar surface area (TPSA) is 79.2 Å². The van der Waals surface area contributed by atoms with E-state index in [1.54, 1.807) is 37.3 Å². The molecule has 0 spiro atoms. The van der Waals surface area contributed by atoms with Crippen LogP contribution in [0, 0.1) is 11.3 Å². The van der Waals surface area contributed by atoms with Crippen molar-refractivity contribution in [1.82, 2.24) is 5.32 Å². The molecule has 5 nitrogen and oxygen atoms in total. The van der Waals surface area contributed by atoms with Crippen molar-refractivity contribution in [2.45, 2.75) is 13.0 Å². The van der Waals surface area contributed by atoms with Crippen LogP contribution in [0.4, 0.5) is 0 Å². The third-order valence-electron chi connectivity index (χ3n) is 2.03. The standard InChI is InChI=1S/C12H12N2O3/c1-2-17-12(16)11(14-10(15)8-13)9-6-4-3-5-7-9/h3-7,11H,2H2,1H3,(H,14,15)/t11-/m1/s1. The van der Waals surface area contributed by atoms with Gasteiger partial charge in [-0.3, -0.25) is 4.79 Å². The molecular formula is C12H12N2O3. The van der Waals surface area contributed by atoms with Gasteiger partial charge in [0.2, 0.25) is 0 Å². The van der Waals surface area contributed by atoms with Gasteiger partial charge in [-0.25, -0.2) is 4.79 Å². The molecular weight excluding hydrogens is 220 g/mol. The lowest BCUT2D eigenvalue weighted by atomic mass is 10.1. The Morgan fingerprint density at radius 1 is 1.41 bits per heavy atom. The van der Waals surface area contributed by atoms with Crippen LogP contribution in [0.1, 0.15) is 18.5 Å². The molecule has 0 heterocycles. The van der Waals surface area contributed by atoms with Crippen molar-refractivity contribution in [2.24, 2.45) is 0 Å². The lowest BCUT2D eigenvalue weighted by molar-refractivity contribution is -0.147. The van der Waals surface area contributed by atoms with Crippen LogP contribution < -0.4 is 5.32 Å². The fourth-order valence-electron chi connectivity index (χ4n) is 1.31. The molecule has 0 aliphatic heterocycles. The Balaban J connectivity index is 2.91. The highest BCUT2D eigenvalue weighted by Gasteiger charge is 2.23. The van der Waals surface area contributed by atoms with Gasteiger partial charge >= 0.3 is 11.9 Å². The van der Waals surface area contributed by atoms with Crippen molar-refractivity contribution in [3.8, 4) is 6.07 Å². The van der Waals surface area contributed by atoms with Crippen molar-refractivity contribution in [2.75, 3.05) is 6.61 Å². The predicted molar refractivity (Wildman–Crippen MR) is 59.6 cm³/mol. The lowest BCUT2D eigenvalue weighted by Crippen LogP contribution is -2.34. The largest absolute Gasteiger partial charge is 0.464 e. The van der Waals surface area contributed by atoms with Crippen molar-refractivity contribution in [3.05, 3.63) is 35.9 Å². The first-order valence-electron chi connectivity index (χ1n) is 5.11. The predicted octanol–water partition coefficient (Wildman–Crippen LogP) is 0.931. The van der Waals surface area contributed by atoms with Crippen LogP contribution in [-0.2, 0) is 14.3 Å². The first kappa shape index (κ1) is 12.7. The number of ether oxygens (including phenoxy) is 1. The first-order chi connectivity index (χ1) is 8.19. The van der Waals surface area contributed by atoms with Gasteiger partial charge in [0.25, 0.3) is 0 Å². The zero-order chi connectivity index (χ0) is 12.7. The molecule has 0 unspecified atom stereocenters. The average molecular weight is 232 g/mol. The number of nitriles is 1. The Morgan fingerprint density at radius 2 is 2.06 bits per heavy atom. The molecule has 0 saturated carbocycles. The number of nitrogens with zero attached hydrogens (tertiary/aromatic N) is 1. The molecule has 1 N–H and O–H groups in total. The summed E-state index contributed by atoms with van der Waals surface area (Å²) >= 11 is 0. The second-order valence-electron chi connectivity index (χ2n) is 3.18. The van der Waals surface area contributed by atoms with Crippen LogP contribution in [0.25, 0.3) is 0 Å². The number of amides is 1. The van der Waals surface area contributed by atoms with Gasteiger partial charge in [0.1, 0.15) is 0 Å². The molecule has 0 aliphatic rings. The molecule has 5 heteroatoms. The van der Waals surface area contributed by atoms with Crippen LogP contribution in [0.15, 0.2) is 30.3 Å². The minimum absolute atomic E-state index is 0.213. The highest BCUT2D eigenvalue weighted by Crippen LogP contribution is 2.14. The SMILES string of the molecule is CCOC(=O)[C@H](NC(=O)C#N)c1ccccc1. The maximum atomic E-state index is 11.6. The number of rotatable bonds is 4. The Hall–Kier alpha value is -2.35. The maximum Gasteiger partial charge on any atom is 0.333 e. The molecule has 0 radical (unpaired) electrons. The highest BCUT2D eigenvalue weighted by atomic mass is 16.5. The van der Waals surface area contributed by atoms with Crippen LogP contribution >= 0.6 is 0 Å². The molecule has 0 fully saturated rings. The smallest absolute Gasteiger partial charge is 0.333 e. The number of carbonyl (C=O) groups is 2. The molecule has 17 heavy (non-hydrogen) atoms. The van der Waals surface area contributed by atoms with Gasteiger partial charge in [-0.15, -0.1) is 0 Å². The van der Waals surface area contributed by atoms with Crippen molar-refractivity contribution < 1.29 is 14.3 Å². The minimum atomic E-state index is -0.941. The normalized spacial score (nSPS) is 11.1. The van der Waals surface area contributed by atoms with E-state index in [9.17, 15) is 9.59 Å². The van der Waals surface area contributed by atoms with E-state index in [1.165, 1.54) is 6.07 Å². The van der Waals surface area contributed by atoms with Crippen molar-refractivity contribution >= 4 is 11.9 Å². The minimum Gasteiger partial charge on any atom is -0.464 e. The summed E-state index contributed by atoms with van der Waals surface area (Å²) in [4.78, 5) is 22.7. The number of nitrogens with one attached hydrogen (secondary N) is 1. The molecule has 1 aromatic rings. The maximum absolute atomic E-state index is 11.6. The number of esters is 1. The van der Waals surface area contributed by atoms with E-state index >= 15 is 0 Å². The van der Waals surface area contributed by atoms with E-state index in [1.807, 2.05) is 0 Å². The quantitative estimate of drug-likeness (QED) is 0.618. The molecule has 0 saturated heterocycles. The van der Waals surface area contributed by atoms with Crippen molar-refractivity contribution in [1.29, 1.82) is 5.26 Å². The molecule has 0 bridgehead atoms. The van der Waals surface area contributed by atoms with Crippen LogP contribution in [0.2, 0.25) is 0 Å². The van der Waals surface area contributed by atoms with Gasteiger partial charge in [0, 0.05) is 0 Å². The summed E-state index contributed by atoms with van der Waals surface area (Å²) in [6.07, 6.45) is 0. The number of benzene rings is 1. The third-order valence-corrected chi connectivity index (χ3v) is 2.03. The Morgan fingerprint density at radius 3 is 2.59 bits per heavy atom. The summed E-state index contributed by atoms with van der Waals surface area (Å²) in [5, 5.41) is 10.7. The fourth-order valence-corrected chi connectivity index (χ4v) is 1.31. The summed E-state index contributed by atoms with van der Waals surface area (Å²) < 4.78 is 4.84. The Kier molecular flexibility index (Phi) is 4.70. The van der Waals surface area contributed by atoms with E-state index in [2.05, 4.69) is 5.32 Å². The summed E-state index contributed by atoms with van der Waals surface area (Å²) in [6.45, 7) is 1.89. The number of hydrogen-bond acceptors (Lipinski definition) is 4. The molecule has 1 rings (SSSR count). The van der Waals surface area contributed by atoms with E-state index < -0.39 is 17.9 Å². The van der Waals surface area contributed by atoms with Crippen LogP contribution in [0.3, 0.4) is 0 Å². The summed E-state index contributed by atoms with van der Waals surface area (Å²) in [5.41, 5.74) is 0.578. The zero-order valence-corrected chi connectivity index (χ0v) is 9.34. The third kappa shape index (κ3) is 3.61. The second-order valence-corrected chi connectivity index (χ2v) is 3.18. The Bertz CT molecular complexity index is 437. The summed E-state index contributed by atoms with van der Waals surface area (Å²) in [6, 6.07) is 9.08. The highest BCUT2D eigenvalue weighted by molar-refractivity contribution is 5.94. The first-order valence-corrected chi connectivity index (χ1v) is 5.11. The number of carbonyl (C=O) groups excluding carboxylic acids is 2. The molecule has 1 aromatic carbocycles. The van der Waals surface area contributed by atoms with E-state index in [4.69, 9.17) is 10.00 Å². The van der Waals surface area contributed by atoms with Gasteiger partial charge in [-0.05, 0) is 12.5 Å². The molecule has 1 atom stereocenters. The van der Waals surface area contributed by atoms with Crippen molar-refractivity contribution in [3.63, 3.8) is 0 Å². The average Bonchev–Trinajstić information content (AvgIpc) is 2.36. The zero-order valence-electron chi connectivity index (χ0n) is 9.34. The molecule has 0 aromatic heterocycles. The molecule has 1 amide bonds. The van der Waals surface area contributed by atoms with Gasteiger partial charge in [0.15, 0.2) is 12.1 Å². The molecule has 0 aliphatic carbocycles. The van der Waals surface area contributed by atoms with E-state index in [0.717, 1.165) is 0 Å². The van der Waals surface area contributed by atoms with E-state index in [0.29, 0.717) is 5.56 Å². The van der Waals surface area contributed by atoms with E-state index in [-0.39, 0.29) is 6.61 Å². The summed E-state index contributed by atoms with van der Waals surface area (Å²) in [7, 11) is 0. The summed E-state index contributed by atoms with van der Waals surface area (Å²) in [5.74, 6) is -1.45. The second kappa shape index (κ2) is 6.28. The van der Waals surface area contributed by atoms with Gasteiger partial charge in [-0.2, -0.15) is 5.26 Å². The van der Waals surface area contributed by atoms with Crippen LogP contribution in [0.5, 0.6) is 0 Å². The van der Waals surface area contributed by atoms with Crippen LogP contribution in [-0.4, -0.2) is 18.5 Å². The molecule has 88 valence electrons. The van der Waals surface area contributed by atoms with Gasteiger partial charge in [-0.1, -0.05) is 30.3 Å². The van der Waals surface area contributed by atoms with Gasteiger partial charge < -0.3 is 10.1 Å². The number of hydrogen-bond donors (Lipinski definition) is 1.